The van der Waals surface area contributed by atoms with Crippen molar-refractivity contribution in [3.05, 3.63) is 79.0 Å². The van der Waals surface area contributed by atoms with Gasteiger partial charge in [-0.2, -0.15) is 0 Å². The van der Waals surface area contributed by atoms with Crippen LogP contribution in [0.15, 0.2) is 79.0 Å². The standard InChI is InChI=1S/C22H14N2OS/c25-19-12-11-16(17-4-3-13-23-21(17)19)14-7-9-15(10-8-14)22-24-18-5-1-2-6-20(18)26-22/h1-13,25H. The molecule has 0 amide bonds. The van der Waals surface area contributed by atoms with E-state index < -0.39 is 0 Å². The van der Waals surface area contributed by atoms with E-state index in [1.165, 1.54) is 4.70 Å². The monoisotopic (exact) mass is 354 g/mol. The first-order chi connectivity index (χ1) is 12.8. The van der Waals surface area contributed by atoms with Gasteiger partial charge in [-0.1, -0.05) is 42.5 Å². The molecule has 0 fully saturated rings. The predicted molar refractivity (Wildman–Crippen MR) is 107 cm³/mol. The van der Waals surface area contributed by atoms with Gasteiger partial charge in [-0.25, -0.2) is 4.98 Å². The molecule has 26 heavy (non-hydrogen) atoms. The number of nitrogens with zero attached hydrogens (tertiary/aromatic N) is 2. The van der Waals surface area contributed by atoms with E-state index in [2.05, 4.69) is 35.3 Å². The molecule has 0 spiro atoms. The summed E-state index contributed by atoms with van der Waals surface area (Å²) in [6, 6.07) is 24.1. The quantitative estimate of drug-likeness (QED) is 0.430. The van der Waals surface area contributed by atoms with E-state index in [4.69, 9.17) is 4.98 Å². The number of hydrogen-bond donors (Lipinski definition) is 1. The summed E-state index contributed by atoms with van der Waals surface area (Å²) < 4.78 is 1.20. The van der Waals surface area contributed by atoms with Crippen LogP contribution < -0.4 is 0 Å². The summed E-state index contributed by atoms with van der Waals surface area (Å²) in [7, 11) is 0. The number of hydrogen-bond acceptors (Lipinski definition) is 4. The van der Waals surface area contributed by atoms with Gasteiger partial charge in [0.05, 0.1) is 10.2 Å². The van der Waals surface area contributed by atoms with Crippen molar-refractivity contribution in [3.63, 3.8) is 0 Å². The van der Waals surface area contributed by atoms with Gasteiger partial charge >= 0.3 is 0 Å². The first kappa shape index (κ1) is 15.0. The van der Waals surface area contributed by atoms with Crippen molar-refractivity contribution < 1.29 is 5.11 Å². The Labute approximate surface area is 154 Å². The van der Waals surface area contributed by atoms with Crippen LogP contribution in [-0.4, -0.2) is 15.1 Å². The highest BCUT2D eigenvalue weighted by Crippen LogP contribution is 2.35. The first-order valence-electron chi connectivity index (χ1n) is 8.33. The molecule has 3 nitrogen and oxygen atoms in total. The Balaban J connectivity index is 1.59. The summed E-state index contributed by atoms with van der Waals surface area (Å²) in [6.07, 6.45) is 1.70. The average molecular weight is 354 g/mol. The maximum absolute atomic E-state index is 10.0. The Bertz CT molecular complexity index is 1210. The summed E-state index contributed by atoms with van der Waals surface area (Å²) in [6.45, 7) is 0. The van der Waals surface area contributed by atoms with Crippen molar-refractivity contribution in [2.24, 2.45) is 0 Å². The summed E-state index contributed by atoms with van der Waals surface area (Å²) in [4.78, 5) is 9.02. The maximum Gasteiger partial charge on any atom is 0.141 e. The van der Waals surface area contributed by atoms with Gasteiger partial charge in [0, 0.05) is 17.1 Å². The van der Waals surface area contributed by atoms with E-state index in [1.807, 2.05) is 36.4 Å². The van der Waals surface area contributed by atoms with Crippen LogP contribution in [0, 0.1) is 0 Å². The lowest BCUT2D eigenvalue weighted by Gasteiger charge is -2.08. The lowest BCUT2D eigenvalue weighted by atomic mass is 9.99. The van der Waals surface area contributed by atoms with E-state index in [0.717, 1.165) is 32.6 Å². The van der Waals surface area contributed by atoms with E-state index in [-0.39, 0.29) is 5.75 Å². The highest BCUT2D eigenvalue weighted by atomic mass is 32.1. The van der Waals surface area contributed by atoms with Crippen LogP contribution in [0.4, 0.5) is 0 Å². The SMILES string of the molecule is Oc1ccc(-c2ccc(-c3nc4ccccc4s3)cc2)c2cccnc12. The summed E-state index contributed by atoms with van der Waals surface area (Å²) >= 11 is 1.70. The molecule has 5 rings (SSSR count). The third-order valence-electron chi connectivity index (χ3n) is 4.49. The van der Waals surface area contributed by atoms with Crippen LogP contribution in [0.1, 0.15) is 0 Å². The molecular formula is C22H14N2OS. The minimum Gasteiger partial charge on any atom is -0.506 e. The Morgan fingerprint density at radius 2 is 1.58 bits per heavy atom. The van der Waals surface area contributed by atoms with Crippen molar-refractivity contribution in [1.82, 2.24) is 9.97 Å². The molecule has 0 aliphatic carbocycles. The average Bonchev–Trinajstić information content (AvgIpc) is 3.13. The second-order valence-corrected chi connectivity index (χ2v) is 7.13. The zero-order valence-corrected chi connectivity index (χ0v) is 14.6. The summed E-state index contributed by atoms with van der Waals surface area (Å²) in [5, 5.41) is 12.0. The second-order valence-electron chi connectivity index (χ2n) is 6.10. The number of aromatic hydroxyl groups is 1. The van der Waals surface area contributed by atoms with Gasteiger partial charge in [-0.05, 0) is 41.5 Å². The molecule has 0 bridgehead atoms. The molecule has 4 heteroatoms. The Morgan fingerprint density at radius 1 is 0.769 bits per heavy atom. The van der Waals surface area contributed by atoms with Crippen LogP contribution in [0.5, 0.6) is 5.75 Å². The van der Waals surface area contributed by atoms with E-state index in [9.17, 15) is 5.11 Å². The number of phenolic OH excluding ortho intramolecular Hbond substituents is 1. The molecule has 124 valence electrons. The minimum absolute atomic E-state index is 0.204. The topological polar surface area (TPSA) is 46.0 Å². The highest BCUT2D eigenvalue weighted by molar-refractivity contribution is 7.21. The summed E-state index contributed by atoms with van der Waals surface area (Å²) in [5.74, 6) is 0.204. The van der Waals surface area contributed by atoms with Crippen LogP contribution >= 0.6 is 11.3 Å². The van der Waals surface area contributed by atoms with E-state index in [0.29, 0.717) is 5.52 Å². The van der Waals surface area contributed by atoms with Gasteiger partial charge in [0.2, 0.25) is 0 Å². The smallest absolute Gasteiger partial charge is 0.141 e. The number of para-hydroxylation sites is 1. The van der Waals surface area contributed by atoms with E-state index in [1.54, 1.807) is 23.6 Å². The fourth-order valence-electron chi connectivity index (χ4n) is 3.20. The number of fused-ring (bicyclic) bond motifs is 2. The van der Waals surface area contributed by atoms with Crippen LogP contribution in [-0.2, 0) is 0 Å². The van der Waals surface area contributed by atoms with Crippen molar-refractivity contribution in [3.8, 4) is 27.4 Å². The van der Waals surface area contributed by atoms with Crippen molar-refractivity contribution in [2.45, 2.75) is 0 Å². The number of rotatable bonds is 2. The normalized spacial score (nSPS) is 11.2. The largest absolute Gasteiger partial charge is 0.506 e. The third-order valence-corrected chi connectivity index (χ3v) is 5.57. The number of aromatic nitrogens is 2. The van der Waals surface area contributed by atoms with Gasteiger partial charge in [-0.3, -0.25) is 4.98 Å². The first-order valence-corrected chi connectivity index (χ1v) is 9.14. The molecule has 0 aliphatic rings. The van der Waals surface area contributed by atoms with Crippen LogP contribution in [0.2, 0.25) is 0 Å². The lowest BCUT2D eigenvalue weighted by molar-refractivity contribution is 0.480. The number of benzene rings is 3. The van der Waals surface area contributed by atoms with Crippen molar-refractivity contribution in [2.75, 3.05) is 0 Å². The second kappa shape index (κ2) is 5.93. The zero-order valence-electron chi connectivity index (χ0n) is 13.8. The zero-order chi connectivity index (χ0) is 17.5. The van der Waals surface area contributed by atoms with Crippen LogP contribution in [0.3, 0.4) is 0 Å². The van der Waals surface area contributed by atoms with Gasteiger partial charge < -0.3 is 5.11 Å². The fourth-order valence-corrected chi connectivity index (χ4v) is 4.17. The molecule has 1 N–H and O–H groups in total. The molecule has 0 saturated heterocycles. The lowest BCUT2D eigenvalue weighted by Crippen LogP contribution is -1.85. The predicted octanol–water partition coefficient (Wildman–Crippen LogP) is 5.88. The molecule has 2 heterocycles. The third kappa shape index (κ3) is 2.43. The molecule has 0 atom stereocenters. The van der Waals surface area contributed by atoms with E-state index >= 15 is 0 Å². The molecule has 5 aromatic rings. The maximum atomic E-state index is 10.0. The molecule has 3 aromatic carbocycles. The Morgan fingerprint density at radius 3 is 2.42 bits per heavy atom. The van der Waals surface area contributed by atoms with Gasteiger partial charge in [0.15, 0.2) is 0 Å². The molecule has 0 aliphatic heterocycles. The van der Waals surface area contributed by atoms with Crippen molar-refractivity contribution >= 4 is 32.5 Å². The van der Waals surface area contributed by atoms with Crippen molar-refractivity contribution in [1.29, 1.82) is 0 Å². The molecule has 2 aromatic heterocycles. The summed E-state index contributed by atoms with van der Waals surface area (Å²) in [5.41, 5.74) is 4.91. The molecule has 0 saturated carbocycles. The molecule has 0 unspecified atom stereocenters. The number of phenols is 1. The number of pyridine rings is 1. The van der Waals surface area contributed by atoms with Gasteiger partial charge in [0.25, 0.3) is 0 Å². The Hall–Kier alpha value is -3.24. The van der Waals surface area contributed by atoms with Gasteiger partial charge in [0.1, 0.15) is 16.3 Å². The molecule has 0 radical (unpaired) electrons. The minimum atomic E-state index is 0.204. The highest BCUT2D eigenvalue weighted by Gasteiger charge is 2.10. The molecular weight excluding hydrogens is 340 g/mol. The van der Waals surface area contributed by atoms with Crippen LogP contribution in [0.25, 0.3) is 42.8 Å². The van der Waals surface area contributed by atoms with Gasteiger partial charge in [-0.15, -0.1) is 11.3 Å². The fraction of sp³-hybridized carbons (Fsp3) is 0. The Kier molecular flexibility index (Phi) is 3.43. The number of thiazole rings is 1.